The highest BCUT2D eigenvalue weighted by molar-refractivity contribution is 9.10. The van der Waals surface area contributed by atoms with Crippen molar-refractivity contribution in [3.05, 3.63) is 39.2 Å². The molecule has 2 nitrogen and oxygen atoms in total. The first-order valence-corrected chi connectivity index (χ1v) is 6.22. The van der Waals surface area contributed by atoms with Crippen LogP contribution in [0.5, 0.6) is 5.75 Å². The van der Waals surface area contributed by atoms with Crippen molar-refractivity contribution in [3.63, 3.8) is 0 Å². The number of nitriles is 1. The van der Waals surface area contributed by atoms with Crippen molar-refractivity contribution in [2.24, 2.45) is 0 Å². The molecule has 0 radical (unpaired) electrons. The predicted octanol–water partition coefficient (Wildman–Crippen LogP) is 4.06. The number of thiophene rings is 1. The first-order valence-electron chi connectivity index (χ1n) is 4.61. The van der Waals surface area contributed by atoms with Gasteiger partial charge in [0.05, 0.1) is 16.1 Å². The summed E-state index contributed by atoms with van der Waals surface area (Å²) < 4.78 is 0.549. The van der Waals surface area contributed by atoms with Crippen LogP contribution in [0.15, 0.2) is 28.7 Å². The standard InChI is InChI=1S/C12H8BrNOS/c1-7-2-3-11(16-7)9-4-8(6-14)5-10(13)12(9)15/h2-5,15H,1H3. The number of rotatable bonds is 1. The fraction of sp³-hybridized carbons (Fsp3) is 0.0833. The highest BCUT2D eigenvalue weighted by atomic mass is 79.9. The summed E-state index contributed by atoms with van der Waals surface area (Å²) in [5, 5.41) is 18.8. The Labute approximate surface area is 106 Å². The summed E-state index contributed by atoms with van der Waals surface area (Å²) in [4.78, 5) is 2.14. The highest BCUT2D eigenvalue weighted by Gasteiger charge is 2.11. The lowest BCUT2D eigenvalue weighted by Crippen LogP contribution is -1.81. The Morgan fingerprint density at radius 1 is 1.38 bits per heavy atom. The van der Waals surface area contributed by atoms with E-state index >= 15 is 0 Å². The number of aromatic hydroxyl groups is 1. The quantitative estimate of drug-likeness (QED) is 0.861. The number of hydrogen-bond acceptors (Lipinski definition) is 3. The van der Waals surface area contributed by atoms with E-state index in [1.54, 1.807) is 23.5 Å². The zero-order valence-corrected chi connectivity index (χ0v) is 10.9. The Bertz CT molecular complexity index is 583. The fourth-order valence-corrected chi connectivity index (χ4v) is 2.78. The van der Waals surface area contributed by atoms with Crippen LogP contribution in [-0.4, -0.2) is 5.11 Å². The number of phenols is 1. The van der Waals surface area contributed by atoms with Gasteiger partial charge in [-0.05, 0) is 47.1 Å². The first-order chi connectivity index (χ1) is 7.61. The Hall–Kier alpha value is -1.31. The SMILES string of the molecule is Cc1ccc(-c2cc(C#N)cc(Br)c2O)s1. The van der Waals surface area contributed by atoms with E-state index in [0.717, 1.165) is 4.88 Å². The number of hydrogen-bond donors (Lipinski definition) is 1. The van der Waals surface area contributed by atoms with Crippen LogP contribution in [0.1, 0.15) is 10.4 Å². The Morgan fingerprint density at radius 2 is 2.12 bits per heavy atom. The molecule has 0 unspecified atom stereocenters. The molecular weight excluding hydrogens is 286 g/mol. The normalized spacial score (nSPS) is 10.1. The lowest BCUT2D eigenvalue weighted by atomic mass is 10.1. The molecule has 0 aliphatic carbocycles. The summed E-state index contributed by atoms with van der Waals surface area (Å²) in [7, 11) is 0. The van der Waals surface area contributed by atoms with Gasteiger partial charge in [-0.25, -0.2) is 0 Å². The monoisotopic (exact) mass is 293 g/mol. The van der Waals surface area contributed by atoms with Gasteiger partial charge < -0.3 is 5.11 Å². The zero-order valence-electron chi connectivity index (χ0n) is 8.49. The van der Waals surface area contributed by atoms with E-state index < -0.39 is 0 Å². The van der Waals surface area contributed by atoms with Crippen LogP contribution in [0.25, 0.3) is 10.4 Å². The fourth-order valence-electron chi connectivity index (χ4n) is 1.43. The van der Waals surface area contributed by atoms with E-state index in [4.69, 9.17) is 5.26 Å². The molecule has 1 N–H and O–H groups in total. The van der Waals surface area contributed by atoms with Gasteiger partial charge in [0.15, 0.2) is 0 Å². The Morgan fingerprint density at radius 3 is 2.69 bits per heavy atom. The molecule has 2 aromatic rings. The zero-order chi connectivity index (χ0) is 11.7. The molecule has 80 valence electrons. The summed E-state index contributed by atoms with van der Waals surface area (Å²) in [6, 6.07) is 9.33. The molecule has 1 aromatic carbocycles. The lowest BCUT2D eigenvalue weighted by molar-refractivity contribution is 0.474. The van der Waals surface area contributed by atoms with Gasteiger partial charge in [-0.2, -0.15) is 5.26 Å². The van der Waals surface area contributed by atoms with E-state index in [1.807, 2.05) is 19.1 Å². The van der Waals surface area contributed by atoms with E-state index in [9.17, 15) is 5.11 Å². The summed E-state index contributed by atoms with van der Waals surface area (Å²) in [6.07, 6.45) is 0. The van der Waals surface area contributed by atoms with Crippen molar-refractivity contribution < 1.29 is 5.11 Å². The Kier molecular flexibility index (Phi) is 2.99. The minimum absolute atomic E-state index is 0.181. The second-order valence-corrected chi connectivity index (χ2v) is 5.52. The molecule has 1 heterocycles. The molecule has 1 aromatic heterocycles. The maximum atomic E-state index is 9.93. The van der Waals surface area contributed by atoms with Crippen molar-refractivity contribution in [3.8, 4) is 22.3 Å². The van der Waals surface area contributed by atoms with Gasteiger partial charge >= 0.3 is 0 Å². The summed E-state index contributed by atoms with van der Waals surface area (Å²) in [5.41, 5.74) is 1.23. The van der Waals surface area contributed by atoms with E-state index in [0.29, 0.717) is 15.6 Å². The molecule has 0 amide bonds. The lowest BCUT2D eigenvalue weighted by Gasteiger charge is -2.04. The van der Waals surface area contributed by atoms with Crippen molar-refractivity contribution in [2.45, 2.75) is 6.92 Å². The molecule has 4 heteroatoms. The van der Waals surface area contributed by atoms with Crippen molar-refractivity contribution in [2.75, 3.05) is 0 Å². The summed E-state index contributed by atoms with van der Waals surface area (Å²) in [5.74, 6) is 0.181. The van der Waals surface area contributed by atoms with Crippen LogP contribution in [-0.2, 0) is 0 Å². The number of phenolic OH excluding ortho intramolecular Hbond substituents is 1. The minimum Gasteiger partial charge on any atom is -0.506 e. The molecule has 0 spiro atoms. The molecule has 0 saturated heterocycles. The predicted molar refractivity (Wildman–Crippen MR) is 68.6 cm³/mol. The number of halogens is 1. The van der Waals surface area contributed by atoms with Gasteiger partial charge in [0.25, 0.3) is 0 Å². The van der Waals surface area contributed by atoms with Crippen LogP contribution in [0, 0.1) is 18.3 Å². The Balaban J connectivity index is 2.65. The molecule has 0 aliphatic heterocycles. The van der Waals surface area contributed by atoms with E-state index in [-0.39, 0.29) is 5.75 Å². The van der Waals surface area contributed by atoms with E-state index in [2.05, 4.69) is 22.0 Å². The molecule has 2 rings (SSSR count). The first kappa shape index (κ1) is 11.2. The third kappa shape index (κ3) is 1.97. The molecule has 0 aliphatic rings. The third-order valence-corrected chi connectivity index (χ3v) is 3.84. The van der Waals surface area contributed by atoms with Crippen LogP contribution in [0.2, 0.25) is 0 Å². The second-order valence-electron chi connectivity index (χ2n) is 3.38. The van der Waals surface area contributed by atoms with Crippen LogP contribution >= 0.6 is 27.3 Å². The third-order valence-electron chi connectivity index (χ3n) is 2.20. The van der Waals surface area contributed by atoms with Gasteiger partial charge in [0.1, 0.15) is 5.75 Å². The van der Waals surface area contributed by atoms with Crippen LogP contribution in [0.3, 0.4) is 0 Å². The van der Waals surface area contributed by atoms with Gasteiger partial charge in [-0.1, -0.05) is 0 Å². The number of nitrogens with zero attached hydrogens (tertiary/aromatic N) is 1. The van der Waals surface area contributed by atoms with Crippen LogP contribution < -0.4 is 0 Å². The molecule has 16 heavy (non-hydrogen) atoms. The summed E-state index contributed by atoms with van der Waals surface area (Å²) in [6.45, 7) is 2.01. The molecule has 0 bridgehead atoms. The van der Waals surface area contributed by atoms with E-state index in [1.165, 1.54) is 4.88 Å². The second kappa shape index (κ2) is 4.28. The minimum atomic E-state index is 0.181. The van der Waals surface area contributed by atoms with Crippen LogP contribution in [0.4, 0.5) is 0 Å². The molecule has 0 fully saturated rings. The topological polar surface area (TPSA) is 44.0 Å². The average Bonchev–Trinajstić information content (AvgIpc) is 2.68. The molecular formula is C12H8BrNOS. The largest absolute Gasteiger partial charge is 0.506 e. The van der Waals surface area contributed by atoms with Crippen molar-refractivity contribution in [1.29, 1.82) is 5.26 Å². The van der Waals surface area contributed by atoms with Crippen molar-refractivity contribution in [1.82, 2.24) is 0 Å². The smallest absolute Gasteiger partial charge is 0.138 e. The molecule has 0 saturated carbocycles. The maximum Gasteiger partial charge on any atom is 0.138 e. The number of benzene rings is 1. The maximum absolute atomic E-state index is 9.93. The van der Waals surface area contributed by atoms with Gasteiger partial charge in [-0.15, -0.1) is 11.3 Å². The number of aryl methyl sites for hydroxylation is 1. The van der Waals surface area contributed by atoms with Gasteiger partial charge in [-0.3, -0.25) is 0 Å². The van der Waals surface area contributed by atoms with Crippen molar-refractivity contribution >= 4 is 27.3 Å². The highest BCUT2D eigenvalue weighted by Crippen LogP contribution is 2.39. The average molecular weight is 294 g/mol. The summed E-state index contributed by atoms with van der Waals surface area (Å²) >= 11 is 4.84. The van der Waals surface area contributed by atoms with Gasteiger partial charge in [0, 0.05) is 15.3 Å². The van der Waals surface area contributed by atoms with Gasteiger partial charge in [0.2, 0.25) is 0 Å². The molecule has 0 atom stereocenters.